The first-order valence-electron chi connectivity index (χ1n) is 17.7. The van der Waals surface area contributed by atoms with E-state index < -0.39 is 47.3 Å². The molecule has 318 valence electrons. The van der Waals surface area contributed by atoms with Crippen LogP contribution in [0.4, 0.5) is 34.1 Å². The Kier molecular flexibility index (Phi) is 16.6. The number of carbonyl (C=O) groups is 6. The number of azo groups is 2. The third kappa shape index (κ3) is 12.1. The second kappa shape index (κ2) is 21.6. The number of carbonyl (C=O) groups excluding carboxylic acids is 6. The van der Waals surface area contributed by atoms with Gasteiger partial charge in [-0.25, -0.2) is 0 Å². The minimum Gasteiger partial charge on any atom is -0.324 e. The number of para-hydroxylation sites is 2. The SMILES string of the molecule is CC(=O)C(N=Nc1cc(C(=O)Nc2c(Cl)cccc2Cl)ccc1Cl)C(=O)Nc1ccc(NC(=O)C(N=Nc2cc(C(=O)Nc3c(Cl)cccc3Cl)ccc2Cl)C(C)=O)c(CCl)c1. The van der Waals surface area contributed by atoms with Crippen LogP contribution in [0.3, 0.4) is 0 Å². The van der Waals surface area contributed by atoms with Gasteiger partial charge < -0.3 is 21.3 Å². The van der Waals surface area contributed by atoms with Crippen molar-refractivity contribution in [1.82, 2.24) is 0 Å². The molecule has 0 bridgehead atoms. The first-order valence-corrected chi connectivity index (χ1v) is 20.5. The average molecular weight is 978 g/mol. The van der Waals surface area contributed by atoms with Gasteiger partial charge >= 0.3 is 0 Å². The number of amides is 4. The predicted octanol–water partition coefficient (Wildman–Crippen LogP) is 12.2. The van der Waals surface area contributed by atoms with E-state index in [4.69, 9.17) is 81.2 Å². The molecule has 5 rings (SSSR count). The second-order valence-corrected chi connectivity index (χ2v) is 15.6. The summed E-state index contributed by atoms with van der Waals surface area (Å²) in [6, 6.07) is 18.6. The Morgan fingerprint density at radius 1 is 0.516 bits per heavy atom. The van der Waals surface area contributed by atoms with Crippen LogP contribution in [0.5, 0.6) is 0 Å². The fourth-order valence-corrected chi connectivity index (χ4v) is 6.77. The van der Waals surface area contributed by atoms with E-state index in [0.717, 1.165) is 13.8 Å². The van der Waals surface area contributed by atoms with E-state index in [0.29, 0.717) is 5.56 Å². The molecule has 14 nitrogen and oxygen atoms in total. The van der Waals surface area contributed by atoms with Crippen molar-refractivity contribution < 1.29 is 28.8 Å². The van der Waals surface area contributed by atoms with E-state index in [1.54, 1.807) is 36.4 Å². The lowest BCUT2D eigenvalue weighted by Crippen LogP contribution is -2.32. The third-order valence-electron chi connectivity index (χ3n) is 8.42. The number of benzene rings is 5. The molecule has 2 atom stereocenters. The van der Waals surface area contributed by atoms with E-state index in [1.165, 1.54) is 54.6 Å². The summed E-state index contributed by atoms with van der Waals surface area (Å²) in [5, 5.41) is 27.2. The molecule has 0 fully saturated rings. The van der Waals surface area contributed by atoms with Crippen molar-refractivity contribution in [3.63, 3.8) is 0 Å². The van der Waals surface area contributed by atoms with Gasteiger partial charge in [0.15, 0.2) is 11.6 Å². The molecule has 0 heterocycles. The van der Waals surface area contributed by atoms with Gasteiger partial charge in [0.2, 0.25) is 12.1 Å². The molecule has 21 heteroatoms. The molecule has 5 aromatic carbocycles. The van der Waals surface area contributed by atoms with Crippen molar-refractivity contribution in [2.45, 2.75) is 31.8 Å². The van der Waals surface area contributed by atoms with Crippen LogP contribution in [0.1, 0.15) is 40.1 Å². The maximum absolute atomic E-state index is 13.4. The summed E-state index contributed by atoms with van der Waals surface area (Å²) < 4.78 is 0. The number of rotatable bonds is 15. The summed E-state index contributed by atoms with van der Waals surface area (Å²) in [5.74, 6) is -4.47. The lowest BCUT2D eigenvalue weighted by molar-refractivity contribution is -0.127. The number of ketones is 2. The van der Waals surface area contributed by atoms with Gasteiger partial charge in [-0.2, -0.15) is 20.5 Å². The van der Waals surface area contributed by atoms with Crippen molar-refractivity contribution in [1.29, 1.82) is 0 Å². The minimum absolute atomic E-state index is 0.0177. The molecule has 2 unspecified atom stereocenters. The quantitative estimate of drug-likeness (QED) is 0.0457. The number of halogens is 7. The molecule has 4 amide bonds. The van der Waals surface area contributed by atoms with Gasteiger partial charge in [0.05, 0.1) is 41.5 Å². The standard InChI is InChI=1S/C41H29Cl7N8O6/c1-19(57)34(55-53-32-16-21(9-12-25(32)43)38(59)51-36-27(45)5-3-6-28(36)46)40(61)49-24-11-14-31(23(15-24)18-42)50-41(62)35(20(2)58)56-54-33-17-22(10-13-26(33)44)39(60)52-37-29(47)7-4-8-30(37)48/h3-17,34-35H,18H2,1-2H3,(H,49,61)(H,50,62)(H,51,59)(H,52,60). The Morgan fingerprint density at radius 3 is 1.34 bits per heavy atom. The van der Waals surface area contributed by atoms with Crippen molar-refractivity contribution in [2.75, 3.05) is 21.3 Å². The van der Waals surface area contributed by atoms with Gasteiger partial charge in [-0.05, 0) is 98.3 Å². The van der Waals surface area contributed by atoms with Crippen LogP contribution in [0.15, 0.2) is 111 Å². The molecule has 0 aliphatic heterocycles. The summed E-state index contributed by atoms with van der Waals surface area (Å²) in [7, 11) is 0. The fraction of sp³-hybridized carbons (Fsp3) is 0.122. The molecule has 0 saturated carbocycles. The molecule has 0 aromatic heterocycles. The van der Waals surface area contributed by atoms with Crippen molar-refractivity contribution in [3.05, 3.63) is 138 Å². The highest BCUT2D eigenvalue weighted by Crippen LogP contribution is 2.34. The molecule has 0 aliphatic carbocycles. The number of alkyl halides is 1. The first-order chi connectivity index (χ1) is 29.5. The molecule has 0 aliphatic rings. The molecular formula is C41H29Cl7N8O6. The van der Waals surface area contributed by atoms with Crippen LogP contribution in [-0.2, 0) is 25.1 Å². The number of hydrogen-bond acceptors (Lipinski definition) is 10. The molecule has 62 heavy (non-hydrogen) atoms. The van der Waals surface area contributed by atoms with E-state index in [2.05, 4.69) is 41.7 Å². The zero-order chi connectivity index (χ0) is 45.2. The summed E-state index contributed by atoms with van der Waals surface area (Å²) in [4.78, 5) is 77.8. The summed E-state index contributed by atoms with van der Waals surface area (Å²) in [5.41, 5.74) is 1.17. The average Bonchev–Trinajstić information content (AvgIpc) is 3.22. The van der Waals surface area contributed by atoms with Crippen LogP contribution in [-0.4, -0.2) is 47.3 Å². The number of nitrogens with zero attached hydrogens (tertiary/aromatic N) is 4. The van der Waals surface area contributed by atoms with Gasteiger partial charge in [0.1, 0.15) is 11.4 Å². The lowest BCUT2D eigenvalue weighted by atomic mass is 10.1. The highest BCUT2D eigenvalue weighted by Gasteiger charge is 2.26. The van der Waals surface area contributed by atoms with Gasteiger partial charge in [-0.3, -0.25) is 28.8 Å². The predicted molar refractivity (Wildman–Crippen MR) is 243 cm³/mol. The first kappa shape index (κ1) is 47.6. The second-order valence-electron chi connectivity index (χ2n) is 12.9. The summed E-state index contributed by atoms with van der Waals surface area (Å²) in [6.45, 7) is 2.26. The van der Waals surface area contributed by atoms with Gasteiger partial charge in [-0.15, -0.1) is 11.6 Å². The minimum atomic E-state index is -1.65. The van der Waals surface area contributed by atoms with Crippen molar-refractivity contribution in [2.24, 2.45) is 20.5 Å². The Balaban J connectivity index is 1.27. The topological polar surface area (TPSA) is 200 Å². The number of nitrogens with one attached hydrogen (secondary N) is 4. The van der Waals surface area contributed by atoms with E-state index in [1.807, 2.05) is 0 Å². The zero-order valence-corrected chi connectivity index (χ0v) is 37.2. The molecular weight excluding hydrogens is 949 g/mol. The molecule has 0 saturated heterocycles. The fourth-order valence-electron chi connectivity index (χ4n) is 5.26. The maximum Gasteiger partial charge on any atom is 0.258 e. The molecule has 0 spiro atoms. The van der Waals surface area contributed by atoms with Crippen molar-refractivity contribution in [3.8, 4) is 0 Å². The number of Topliss-reactive ketones (excluding diaryl/α,β-unsaturated/α-hetero) is 2. The number of anilines is 4. The van der Waals surface area contributed by atoms with Gasteiger partial charge in [-0.1, -0.05) is 81.7 Å². The van der Waals surface area contributed by atoms with Gasteiger partial charge in [0.25, 0.3) is 23.6 Å². The molecule has 4 N–H and O–H groups in total. The monoisotopic (exact) mass is 974 g/mol. The van der Waals surface area contributed by atoms with Crippen LogP contribution in [0.25, 0.3) is 0 Å². The summed E-state index contributed by atoms with van der Waals surface area (Å²) in [6.07, 6.45) is 0. The Hall–Kier alpha value is -5.45. The van der Waals surface area contributed by atoms with E-state index in [9.17, 15) is 28.8 Å². The number of hydrogen-bond donors (Lipinski definition) is 4. The normalized spacial score (nSPS) is 12.1. The van der Waals surface area contributed by atoms with E-state index >= 15 is 0 Å². The highest BCUT2D eigenvalue weighted by atomic mass is 35.5. The Morgan fingerprint density at radius 2 is 0.935 bits per heavy atom. The van der Waals surface area contributed by atoms with Gasteiger partial charge in [0, 0.05) is 28.4 Å². The maximum atomic E-state index is 13.4. The van der Waals surface area contributed by atoms with Crippen LogP contribution < -0.4 is 21.3 Å². The molecule has 0 radical (unpaired) electrons. The van der Waals surface area contributed by atoms with Crippen LogP contribution in [0.2, 0.25) is 30.1 Å². The Labute approximate surface area is 388 Å². The van der Waals surface area contributed by atoms with Crippen molar-refractivity contribution >= 4 is 151 Å². The zero-order valence-electron chi connectivity index (χ0n) is 31.9. The largest absolute Gasteiger partial charge is 0.324 e. The molecule has 5 aromatic rings. The smallest absolute Gasteiger partial charge is 0.258 e. The highest BCUT2D eigenvalue weighted by molar-refractivity contribution is 6.41. The van der Waals surface area contributed by atoms with E-state index in [-0.39, 0.29) is 81.3 Å². The third-order valence-corrected chi connectivity index (χ3v) is 10.6. The van der Waals surface area contributed by atoms with Crippen LogP contribution >= 0.6 is 81.2 Å². The Bertz CT molecular complexity index is 2640. The lowest BCUT2D eigenvalue weighted by Gasteiger charge is -2.15. The van der Waals surface area contributed by atoms with Crippen LogP contribution in [0, 0.1) is 0 Å². The summed E-state index contributed by atoms with van der Waals surface area (Å²) >= 11 is 43.5.